The van der Waals surface area contributed by atoms with Gasteiger partial charge in [-0.1, -0.05) is 0 Å². The molecule has 0 aromatic heterocycles. The Kier molecular flexibility index (Phi) is 3.44. The minimum absolute atomic E-state index is 0.0180. The lowest BCUT2D eigenvalue weighted by molar-refractivity contribution is -0.242. The largest absolute Gasteiger partial charge is 0.463 e. The van der Waals surface area contributed by atoms with Crippen LogP contribution in [-0.4, -0.2) is 52.5 Å². The van der Waals surface area contributed by atoms with E-state index in [9.17, 15) is 20.1 Å². The minimum atomic E-state index is -1.13. The molecular formula is C10H16O6. The molecule has 1 saturated heterocycles. The Balaban J connectivity index is 1.80. The van der Waals surface area contributed by atoms with Gasteiger partial charge in [-0.3, -0.25) is 4.79 Å². The molecule has 0 bridgehead atoms. The summed E-state index contributed by atoms with van der Waals surface area (Å²) in [6.07, 6.45) is -2.50. The van der Waals surface area contributed by atoms with E-state index in [0.29, 0.717) is 0 Å². The molecule has 2 rings (SSSR count). The molecule has 0 radical (unpaired) electrons. The van der Waals surface area contributed by atoms with Gasteiger partial charge in [-0.25, -0.2) is 0 Å². The molecule has 2 fully saturated rings. The van der Waals surface area contributed by atoms with Gasteiger partial charge in [0.1, 0.15) is 18.8 Å². The summed E-state index contributed by atoms with van der Waals surface area (Å²) in [4.78, 5) is 11.2. The smallest absolute Gasteiger partial charge is 0.309 e. The van der Waals surface area contributed by atoms with E-state index >= 15 is 0 Å². The van der Waals surface area contributed by atoms with Crippen LogP contribution in [0.3, 0.4) is 0 Å². The molecule has 3 N–H and O–H groups in total. The molecule has 6 heteroatoms. The van der Waals surface area contributed by atoms with Crippen molar-refractivity contribution in [1.29, 1.82) is 0 Å². The average molecular weight is 232 g/mol. The third-order valence-corrected chi connectivity index (χ3v) is 2.85. The molecule has 1 saturated carbocycles. The zero-order valence-electron chi connectivity index (χ0n) is 8.78. The Bertz CT molecular complexity index is 264. The first kappa shape index (κ1) is 11.8. The van der Waals surface area contributed by atoms with Crippen LogP contribution in [0, 0.1) is 5.92 Å². The molecule has 0 amide bonds. The molecule has 16 heavy (non-hydrogen) atoms. The molecule has 1 aliphatic carbocycles. The normalized spacial score (nSPS) is 39.4. The Morgan fingerprint density at radius 2 is 2.00 bits per heavy atom. The maximum atomic E-state index is 11.2. The lowest BCUT2D eigenvalue weighted by Crippen LogP contribution is -2.50. The number of aliphatic hydroxyl groups excluding tert-OH is 3. The first-order valence-corrected chi connectivity index (χ1v) is 5.44. The molecule has 4 atom stereocenters. The van der Waals surface area contributed by atoms with Crippen LogP contribution in [-0.2, 0) is 14.3 Å². The van der Waals surface area contributed by atoms with Crippen LogP contribution in [0.15, 0.2) is 0 Å². The van der Waals surface area contributed by atoms with E-state index in [0.717, 1.165) is 12.8 Å². The van der Waals surface area contributed by atoms with Crippen LogP contribution in [0.5, 0.6) is 0 Å². The van der Waals surface area contributed by atoms with Crippen LogP contribution >= 0.6 is 0 Å². The summed E-state index contributed by atoms with van der Waals surface area (Å²) in [6.45, 7) is -0.134. The number of hydrogen-bond acceptors (Lipinski definition) is 6. The van der Waals surface area contributed by atoms with Crippen LogP contribution < -0.4 is 0 Å². The molecular weight excluding hydrogens is 216 g/mol. The third-order valence-electron chi connectivity index (χ3n) is 2.85. The monoisotopic (exact) mass is 232 g/mol. The molecule has 0 aromatic carbocycles. The zero-order chi connectivity index (χ0) is 11.7. The summed E-state index contributed by atoms with van der Waals surface area (Å²) >= 11 is 0. The van der Waals surface area contributed by atoms with Crippen molar-refractivity contribution < 1.29 is 29.6 Å². The van der Waals surface area contributed by atoms with Crippen LogP contribution in [0.4, 0.5) is 0 Å². The van der Waals surface area contributed by atoms with Crippen molar-refractivity contribution in [2.24, 2.45) is 5.92 Å². The maximum Gasteiger partial charge on any atom is 0.309 e. The van der Waals surface area contributed by atoms with Gasteiger partial charge in [-0.05, 0) is 12.8 Å². The zero-order valence-corrected chi connectivity index (χ0v) is 8.78. The number of hydrogen-bond donors (Lipinski definition) is 3. The molecule has 6 nitrogen and oxygen atoms in total. The summed E-state index contributed by atoms with van der Waals surface area (Å²) in [6, 6.07) is 0. The highest BCUT2D eigenvalue weighted by molar-refractivity contribution is 5.74. The Hall–Kier alpha value is -0.690. The molecule has 0 aromatic rings. The fourth-order valence-corrected chi connectivity index (χ4v) is 1.67. The molecule has 1 aliphatic heterocycles. The van der Waals surface area contributed by atoms with Crippen molar-refractivity contribution in [2.75, 3.05) is 6.61 Å². The molecule has 1 heterocycles. The second kappa shape index (κ2) is 4.67. The lowest BCUT2D eigenvalue weighted by Gasteiger charge is -2.34. The van der Waals surface area contributed by atoms with Gasteiger partial charge in [0.25, 0.3) is 0 Å². The van der Waals surface area contributed by atoms with E-state index in [4.69, 9.17) is 9.47 Å². The minimum Gasteiger partial charge on any atom is -0.463 e. The van der Waals surface area contributed by atoms with Gasteiger partial charge in [0, 0.05) is 6.42 Å². The van der Waals surface area contributed by atoms with Gasteiger partial charge >= 0.3 is 5.97 Å². The van der Waals surface area contributed by atoms with Crippen molar-refractivity contribution in [1.82, 2.24) is 0 Å². The van der Waals surface area contributed by atoms with Crippen molar-refractivity contribution in [3.8, 4) is 0 Å². The highest BCUT2D eigenvalue weighted by Gasteiger charge is 2.38. The van der Waals surface area contributed by atoms with Gasteiger partial charge in [0.05, 0.1) is 12.0 Å². The maximum absolute atomic E-state index is 11.2. The summed E-state index contributed by atoms with van der Waals surface area (Å²) in [5, 5.41) is 28.1. The number of carbonyl (C=O) groups is 1. The predicted octanol–water partition coefficient (Wildman–Crippen LogP) is -1.23. The quantitative estimate of drug-likeness (QED) is 0.527. The highest BCUT2D eigenvalue weighted by atomic mass is 16.6. The molecule has 2 aliphatic rings. The number of carbonyl (C=O) groups excluding carboxylic acids is 1. The summed E-state index contributed by atoms with van der Waals surface area (Å²) in [7, 11) is 0. The first-order chi connectivity index (χ1) is 7.58. The summed E-state index contributed by atoms with van der Waals surface area (Å²) in [5.74, 6) is -0.319. The van der Waals surface area contributed by atoms with Crippen LogP contribution in [0.25, 0.3) is 0 Å². The number of rotatable bonds is 3. The van der Waals surface area contributed by atoms with Gasteiger partial charge in [-0.15, -0.1) is 0 Å². The van der Waals surface area contributed by atoms with E-state index in [1.807, 2.05) is 0 Å². The van der Waals surface area contributed by atoms with E-state index in [1.54, 1.807) is 0 Å². The average Bonchev–Trinajstić information content (AvgIpc) is 3.04. The SMILES string of the molecule is O=C(OCC1O[C@H](O)CC(O)C1O)C1CC1. The third kappa shape index (κ3) is 2.70. The second-order valence-electron chi connectivity index (χ2n) is 4.33. The Morgan fingerprint density at radius 1 is 1.31 bits per heavy atom. The fourth-order valence-electron chi connectivity index (χ4n) is 1.67. The summed E-state index contributed by atoms with van der Waals surface area (Å²) in [5.41, 5.74) is 0. The van der Waals surface area contributed by atoms with E-state index in [-0.39, 0.29) is 24.9 Å². The standard InChI is InChI=1S/C10H16O6/c11-6-3-8(12)16-7(9(6)13)4-15-10(14)5-1-2-5/h5-9,11-13H,1-4H2/t6?,7?,8-,9?/m0/s1. The van der Waals surface area contributed by atoms with Crippen LogP contribution in [0.1, 0.15) is 19.3 Å². The number of aliphatic hydroxyl groups is 3. The molecule has 3 unspecified atom stereocenters. The van der Waals surface area contributed by atoms with Gasteiger partial charge in [-0.2, -0.15) is 0 Å². The van der Waals surface area contributed by atoms with Crippen molar-refractivity contribution in [3.63, 3.8) is 0 Å². The van der Waals surface area contributed by atoms with Gasteiger partial charge in [0.15, 0.2) is 6.29 Å². The topological polar surface area (TPSA) is 96.2 Å². The highest BCUT2D eigenvalue weighted by Crippen LogP contribution is 2.30. The van der Waals surface area contributed by atoms with E-state index < -0.39 is 24.6 Å². The molecule has 92 valence electrons. The predicted molar refractivity (Wildman–Crippen MR) is 51.2 cm³/mol. The molecule has 0 spiro atoms. The van der Waals surface area contributed by atoms with Gasteiger partial charge in [0.2, 0.25) is 0 Å². The number of esters is 1. The fraction of sp³-hybridized carbons (Fsp3) is 0.900. The van der Waals surface area contributed by atoms with E-state index in [2.05, 4.69) is 0 Å². The Morgan fingerprint density at radius 3 is 2.62 bits per heavy atom. The van der Waals surface area contributed by atoms with Crippen molar-refractivity contribution in [3.05, 3.63) is 0 Å². The van der Waals surface area contributed by atoms with Gasteiger partial charge < -0.3 is 24.8 Å². The van der Waals surface area contributed by atoms with Crippen LogP contribution in [0.2, 0.25) is 0 Å². The Labute approximate surface area is 92.8 Å². The first-order valence-electron chi connectivity index (χ1n) is 5.44. The van der Waals surface area contributed by atoms with Crippen molar-refractivity contribution in [2.45, 2.75) is 43.9 Å². The second-order valence-corrected chi connectivity index (χ2v) is 4.33. The van der Waals surface area contributed by atoms with Crippen molar-refractivity contribution >= 4 is 5.97 Å². The summed E-state index contributed by atoms with van der Waals surface area (Å²) < 4.78 is 9.91. The van der Waals surface area contributed by atoms with E-state index in [1.165, 1.54) is 0 Å². The lowest BCUT2D eigenvalue weighted by atomic mass is 10.0. The number of ether oxygens (including phenoxy) is 2.